The number of ether oxygens (including phenoxy) is 1. The molecule has 1 fully saturated rings. The van der Waals surface area contributed by atoms with Crippen LogP contribution in [0.25, 0.3) is 0 Å². The van der Waals surface area contributed by atoms with Gasteiger partial charge in [0.05, 0.1) is 13.0 Å². The van der Waals surface area contributed by atoms with Crippen LogP contribution in [0.15, 0.2) is 18.2 Å². The summed E-state index contributed by atoms with van der Waals surface area (Å²) >= 11 is 0. The Hall–Kier alpha value is -1.30. The van der Waals surface area contributed by atoms with Gasteiger partial charge in [-0.25, -0.2) is 0 Å². The SMILES string of the molecule is COc1cc(CN2CCCC(C(=O)NCCN)C2)ccc1C.Cl. The zero-order valence-electron chi connectivity index (χ0n) is 14.0. The molecule has 23 heavy (non-hydrogen) atoms. The lowest BCUT2D eigenvalue weighted by Gasteiger charge is -2.32. The molecule has 0 saturated carbocycles. The molecule has 1 atom stereocenters. The number of halogens is 1. The van der Waals surface area contributed by atoms with Gasteiger partial charge in [-0.05, 0) is 43.5 Å². The van der Waals surface area contributed by atoms with Crippen molar-refractivity contribution in [2.45, 2.75) is 26.3 Å². The van der Waals surface area contributed by atoms with Gasteiger partial charge in [0.1, 0.15) is 5.75 Å². The molecule has 5 nitrogen and oxygen atoms in total. The van der Waals surface area contributed by atoms with Gasteiger partial charge in [-0.2, -0.15) is 0 Å². The van der Waals surface area contributed by atoms with Crippen LogP contribution in [-0.2, 0) is 11.3 Å². The molecule has 3 N–H and O–H groups in total. The highest BCUT2D eigenvalue weighted by Crippen LogP contribution is 2.22. The van der Waals surface area contributed by atoms with E-state index >= 15 is 0 Å². The molecule has 2 rings (SSSR count). The molecule has 6 heteroatoms. The highest BCUT2D eigenvalue weighted by Gasteiger charge is 2.25. The number of nitrogens with zero attached hydrogens (tertiary/aromatic N) is 1. The number of nitrogens with one attached hydrogen (secondary N) is 1. The minimum Gasteiger partial charge on any atom is -0.496 e. The number of piperidine rings is 1. The Bertz CT molecular complexity index is 511. The highest BCUT2D eigenvalue weighted by atomic mass is 35.5. The van der Waals surface area contributed by atoms with Gasteiger partial charge in [0.25, 0.3) is 0 Å². The summed E-state index contributed by atoms with van der Waals surface area (Å²) in [7, 11) is 1.70. The molecule has 130 valence electrons. The molecule has 0 bridgehead atoms. The number of methoxy groups -OCH3 is 1. The van der Waals surface area contributed by atoms with Crippen molar-refractivity contribution in [2.75, 3.05) is 33.3 Å². The fourth-order valence-corrected chi connectivity index (χ4v) is 2.97. The smallest absolute Gasteiger partial charge is 0.224 e. The van der Waals surface area contributed by atoms with Crippen LogP contribution in [0.2, 0.25) is 0 Å². The Morgan fingerprint density at radius 3 is 2.96 bits per heavy atom. The zero-order chi connectivity index (χ0) is 15.9. The molecule has 1 heterocycles. The summed E-state index contributed by atoms with van der Waals surface area (Å²) in [6, 6.07) is 6.31. The van der Waals surface area contributed by atoms with Gasteiger partial charge in [-0.3, -0.25) is 9.69 Å². The third kappa shape index (κ3) is 5.68. The Morgan fingerprint density at radius 1 is 1.48 bits per heavy atom. The van der Waals surface area contributed by atoms with E-state index in [0.717, 1.165) is 43.8 Å². The van der Waals surface area contributed by atoms with Crippen molar-refractivity contribution in [1.29, 1.82) is 0 Å². The monoisotopic (exact) mass is 341 g/mol. The molecule has 1 amide bonds. The Labute approximate surface area is 145 Å². The fraction of sp³-hybridized carbons (Fsp3) is 0.588. The van der Waals surface area contributed by atoms with E-state index in [9.17, 15) is 4.79 Å². The van der Waals surface area contributed by atoms with Crippen molar-refractivity contribution in [3.63, 3.8) is 0 Å². The van der Waals surface area contributed by atoms with Crippen LogP contribution in [0.1, 0.15) is 24.0 Å². The lowest BCUT2D eigenvalue weighted by atomic mass is 9.96. The number of nitrogens with two attached hydrogens (primary N) is 1. The molecule has 0 aromatic heterocycles. The second-order valence-electron chi connectivity index (χ2n) is 5.96. The lowest BCUT2D eigenvalue weighted by molar-refractivity contribution is -0.126. The van der Waals surface area contributed by atoms with Gasteiger partial charge in [-0.1, -0.05) is 12.1 Å². The highest BCUT2D eigenvalue weighted by molar-refractivity contribution is 5.85. The van der Waals surface area contributed by atoms with Gasteiger partial charge < -0.3 is 15.8 Å². The van der Waals surface area contributed by atoms with Crippen molar-refractivity contribution in [3.8, 4) is 5.75 Å². The maximum Gasteiger partial charge on any atom is 0.224 e. The van der Waals surface area contributed by atoms with Gasteiger partial charge >= 0.3 is 0 Å². The first-order valence-electron chi connectivity index (χ1n) is 7.97. The minimum absolute atomic E-state index is 0. The molecular formula is C17H28ClN3O2. The van der Waals surface area contributed by atoms with E-state index in [1.165, 1.54) is 5.56 Å². The predicted molar refractivity (Wildman–Crippen MR) is 95.0 cm³/mol. The molecule has 0 radical (unpaired) electrons. The third-order valence-electron chi connectivity index (χ3n) is 4.20. The van der Waals surface area contributed by atoms with E-state index in [4.69, 9.17) is 10.5 Å². The van der Waals surface area contributed by atoms with E-state index in [2.05, 4.69) is 28.4 Å². The maximum atomic E-state index is 12.1. The van der Waals surface area contributed by atoms with Crippen LogP contribution >= 0.6 is 12.4 Å². The summed E-state index contributed by atoms with van der Waals surface area (Å²) in [5.41, 5.74) is 7.81. The van der Waals surface area contributed by atoms with E-state index in [-0.39, 0.29) is 24.2 Å². The summed E-state index contributed by atoms with van der Waals surface area (Å²) in [5.74, 6) is 1.14. The quantitative estimate of drug-likeness (QED) is 0.826. The molecule has 1 aliphatic rings. The van der Waals surface area contributed by atoms with Crippen molar-refractivity contribution in [1.82, 2.24) is 10.2 Å². The fourth-order valence-electron chi connectivity index (χ4n) is 2.97. The normalized spacial score (nSPS) is 18.1. The van der Waals surface area contributed by atoms with E-state index < -0.39 is 0 Å². The van der Waals surface area contributed by atoms with E-state index in [1.807, 2.05) is 6.92 Å². The average molecular weight is 342 g/mol. The number of carbonyl (C=O) groups is 1. The summed E-state index contributed by atoms with van der Waals surface area (Å²) in [4.78, 5) is 14.4. The number of benzene rings is 1. The first kappa shape index (κ1) is 19.7. The number of aryl methyl sites for hydroxylation is 1. The molecular weight excluding hydrogens is 314 g/mol. The maximum absolute atomic E-state index is 12.1. The molecule has 1 unspecified atom stereocenters. The Kier molecular flexibility index (Phi) is 8.37. The molecule has 1 aromatic rings. The first-order chi connectivity index (χ1) is 10.6. The number of likely N-dealkylation sites (tertiary alicyclic amines) is 1. The van der Waals surface area contributed by atoms with E-state index in [1.54, 1.807) is 7.11 Å². The second kappa shape index (κ2) is 9.75. The van der Waals surface area contributed by atoms with Crippen LogP contribution in [0, 0.1) is 12.8 Å². The predicted octanol–water partition coefficient (Wildman–Crippen LogP) is 1.71. The summed E-state index contributed by atoms with van der Waals surface area (Å²) in [5, 5.41) is 2.90. The topological polar surface area (TPSA) is 67.6 Å². The number of carbonyl (C=O) groups excluding carboxylic acids is 1. The van der Waals surface area contributed by atoms with Gasteiger partial charge in [0.15, 0.2) is 0 Å². The standard InChI is InChI=1S/C17H27N3O2.ClH/c1-13-5-6-14(10-16(13)22-2)11-20-9-3-4-15(12-20)17(21)19-8-7-18;/h5-6,10,15H,3-4,7-9,11-12,18H2,1-2H3,(H,19,21);1H. The molecule has 1 aliphatic heterocycles. The second-order valence-corrected chi connectivity index (χ2v) is 5.96. The van der Waals surface area contributed by atoms with Gasteiger partial charge in [0, 0.05) is 26.2 Å². The number of hydrogen-bond donors (Lipinski definition) is 2. The van der Waals surface area contributed by atoms with Crippen molar-refractivity contribution in [2.24, 2.45) is 11.7 Å². The average Bonchev–Trinajstić information content (AvgIpc) is 2.54. The van der Waals surface area contributed by atoms with Crippen molar-refractivity contribution < 1.29 is 9.53 Å². The summed E-state index contributed by atoms with van der Waals surface area (Å²) in [6.45, 7) is 5.80. The Morgan fingerprint density at radius 2 is 2.26 bits per heavy atom. The summed E-state index contributed by atoms with van der Waals surface area (Å²) in [6.07, 6.45) is 2.02. The first-order valence-corrected chi connectivity index (χ1v) is 7.97. The van der Waals surface area contributed by atoms with Crippen LogP contribution < -0.4 is 15.8 Å². The Balaban J connectivity index is 0.00000264. The van der Waals surface area contributed by atoms with Crippen LogP contribution in [0.5, 0.6) is 5.75 Å². The van der Waals surface area contributed by atoms with E-state index in [0.29, 0.717) is 13.1 Å². The van der Waals surface area contributed by atoms with Gasteiger partial charge in [0.2, 0.25) is 5.91 Å². The van der Waals surface area contributed by atoms with Crippen LogP contribution in [0.4, 0.5) is 0 Å². The molecule has 0 spiro atoms. The van der Waals surface area contributed by atoms with Crippen molar-refractivity contribution in [3.05, 3.63) is 29.3 Å². The molecule has 1 aromatic carbocycles. The lowest BCUT2D eigenvalue weighted by Crippen LogP contribution is -2.43. The minimum atomic E-state index is 0. The largest absolute Gasteiger partial charge is 0.496 e. The van der Waals surface area contributed by atoms with Crippen molar-refractivity contribution >= 4 is 18.3 Å². The number of rotatable bonds is 6. The third-order valence-corrected chi connectivity index (χ3v) is 4.20. The van der Waals surface area contributed by atoms with Gasteiger partial charge in [-0.15, -0.1) is 12.4 Å². The van der Waals surface area contributed by atoms with Crippen LogP contribution in [0.3, 0.4) is 0 Å². The van der Waals surface area contributed by atoms with Crippen LogP contribution in [-0.4, -0.2) is 44.1 Å². The zero-order valence-corrected chi connectivity index (χ0v) is 14.8. The molecule has 1 saturated heterocycles. The molecule has 0 aliphatic carbocycles. The number of hydrogen-bond acceptors (Lipinski definition) is 4. The number of amides is 1. The summed E-state index contributed by atoms with van der Waals surface area (Å²) < 4.78 is 5.38.